The Labute approximate surface area is 144 Å². The van der Waals surface area contributed by atoms with E-state index in [4.69, 9.17) is 9.47 Å². The summed E-state index contributed by atoms with van der Waals surface area (Å²) in [4.78, 5) is 23.7. The molecule has 1 aromatic carbocycles. The highest BCUT2D eigenvalue weighted by Gasteiger charge is 2.39. The summed E-state index contributed by atoms with van der Waals surface area (Å²) >= 11 is 0. The molecule has 2 rings (SSSR count). The molecule has 9 heteroatoms. The molecule has 1 aliphatic rings. The summed E-state index contributed by atoms with van der Waals surface area (Å²) in [5.74, 6) is -3.44. The predicted molar refractivity (Wildman–Crippen MR) is 85.3 cm³/mol. The first kappa shape index (κ1) is 18.9. The molecule has 1 amide bonds. The second kappa shape index (κ2) is 6.47. The van der Waals surface area contributed by atoms with Gasteiger partial charge < -0.3 is 14.8 Å². The number of halogens is 1. The predicted octanol–water partition coefficient (Wildman–Crippen LogP) is 1.43. The topological polar surface area (TPSA) is 98.8 Å². The maximum Gasteiger partial charge on any atom is 0.377 e. The molecular formula is C16H18FNO6S. The molecule has 136 valence electrons. The first-order valence-corrected chi connectivity index (χ1v) is 9.20. The van der Waals surface area contributed by atoms with Crippen LogP contribution in [0.1, 0.15) is 26.3 Å². The fraction of sp³-hybridized carbons (Fsp3) is 0.375. The average Bonchev–Trinajstić information content (AvgIpc) is 2.76. The molecule has 1 aromatic rings. The summed E-state index contributed by atoms with van der Waals surface area (Å²) in [5.41, 5.74) is 0.226. The third-order valence-electron chi connectivity index (χ3n) is 3.42. The summed E-state index contributed by atoms with van der Waals surface area (Å²) in [5, 5.41) is 2.48. The van der Waals surface area contributed by atoms with Crippen LogP contribution in [-0.2, 0) is 35.4 Å². The minimum absolute atomic E-state index is 0.00130. The second-order valence-corrected chi connectivity index (χ2v) is 8.04. The van der Waals surface area contributed by atoms with Crippen molar-refractivity contribution in [3.63, 3.8) is 0 Å². The van der Waals surface area contributed by atoms with Crippen LogP contribution in [0.5, 0.6) is 0 Å². The van der Waals surface area contributed by atoms with Crippen LogP contribution in [0.2, 0.25) is 0 Å². The number of cyclic esters (lactones) is 1. The zero-order chi connectivity index (χ0) is 19.0. The van der Waals surface area contributed by atoms with Gasteiger partial charge in [-0.3, -0.25) is 4.79 Å². The molecule has 1 fully saturated rings. The van der Waals surface area contributed by atoms with Crippen molar-refractivity contribution in [3.05, 3.63) is 40.9 Å². The van der Waals surface area contributed by atoms with Crippen LogP contribution < -0.4 is 5.32 Å². The van der Waals surface area contributed by atoms with E-state index in [-0.39, 0.29) is 28.3 Å². The van der Waals surface area contributed by atoms with Gasteiger partial charge in [-0.2, -0.15) is 0 Å². The monoisotopic (exact) mass is 371 g/mol. The Bertz CT molecular complexity index is 873. The third-order valence-corrected chi connectivity index (χ3v) is 4.60. The lowest BCUT2D eigenvalue weighted by Gasteiger charge is -2.14. The molecule has 0 spiro atoms. The Morgan fingerprint density at radius 1 is 1.28 bits per heavy atom. The lowest BCUT2D eigenvalue weighted by atomic mass is 10.2. The standard InChI is InChI=1S/C16H18FNO6S/c1-9(13-15(20)24-16(2,3)23-13)14(19)18-8-10-5-6-11(17)7-12(10)25(4,21)22/h5-7H,8H2,1-4H3,(H,18,19). The highest BCUT2D eigenvalue weighted by atomic mass is 32.2. The number of hydrogen-bond donors (Lipinski definition) is 1. The van der Waals surface area contributed by atoms with E-state index in [9.17, 15) is 22.4 Å². The SMILES string of the molecule is CC(C(=O)NCc1ccc(F)cc1S(C)(=O)=O)=C1OC(C)(C)OC1=O. The van der Waals surface area contributed by atoms with Crippen LogP contribution in [0.25, 0.3) is 0 Å². The Kier molecular flexibility index (Phi) is 4.90. The minimum Gasteiger partial charge on any atom is -0.445 e. The maximum absolute atomic E-state index is 13.3. The van der Waals surface area contributed by atoms with E-state index in [1.807, 2.05) is 0 Å². The van der Waals surface area contributed by atoms with Gasteiger partial charge in [0.15, 0.2) is 9.84 Å². The Hall–Kier alpha value is -2.42. The summed E-state index contributed by atoms with van der Waals surface area (Å²) in [7, 11) is -3.67. The Morgan fingerprint density at radius 3 is 2.44 bits per heavy atom. The molecule has 1 heterocycles. The van der Waals surface area contributed by atoms with Gasteiger partial charge in [-0.1, -0.05) is 6.07 Å². The number of esters is 1. The lowest BCUT2D eigenvalue weighted by Crippen LogP contribution is -2.26. The molecule has 0 aliphatic carbocycles. The number of hydrogen-bond acceptors (Lipinski definition) is 6. The maximum atomic E-state index is 13.3. The van der Waals surface area contributed by atoms with Crippen molar-refractivity contribution in [2.75, 3.05) is 6.26 Å². The van der Waals surface area contributed by atoms with E-state index >= 15 is 0 Å². The lowest BCUT2D eigenvalue weighted by molar-refractivity contribution is -0.159. The second-order valence-electron chi connectivity index (χ2n) is 6.05. The number of carbonyl (C=O) groups is 2. The van der Waals surface area contributed by atoms with Gasteiger partial charge in [0.1, 0.15) is 5.82 Å². The minimum atomic E-state index is -3.67. The van der Waals surface area contributed by atoms with Gasteiger partial charge in [0.25, 0.3) is 5.91 Å². The first-order valence-electron chi connectivity index (χ1n) is 7.30. The van der Waals surface area contributed by atoms with Gasteiger partial charge in [-0.15, -0.1) is 0 Å². The quantitative estimate of drug-likeness (QED) is 0.635. The smallest absolute Gasteiger partial charge is 0.377 e. The van der Waals surface area contributed by atoms with E-state index < -0.39 is 33.3 Å². The summed E-state index contributed by atoms with van der Waals surface area (Å²) in [6, 6.07) is 3.27. The molecule has 7 nitrogen and oxygen atoms in total. The zero-order valence-corrected chi connectivity index (χ0v) is 15.0. The van der Waals surface area contributed by atoms with Crippen molar-refractivity contribution >= 4 is 21.7 Å². The average molecular weight is 371 g/mol. The van der Waals surface area contributed by atoms with Gasteiger partial charge in [0.2, 0.25) is 11.5 Å². The van der Waals surface area contributed by atoms with Crippen LogP contribution in [0.3, 0.4) is 0 Å². The highest BCUT2D eigenvalue weighted by Crippen LogP contribution is 2.28. The van der Waals surface area contributed by atoms with Crippen molar-refractivity contribution in [2.24, 2.45) is 0 Å². The molecule has 1 N–H and O–H groups in total. The third kappa shape index (κ3) is 4.36. The Morgan fingerprint density at radius 2 is 1.92 bits per heavy atom. The van der Waals surface area contributed by atoms with Gasteiger partial charge in [-0.25, -0.2) is 17.6 Å². The number of carbonyl (C=O) groups excluding carboxylic acids is 2. The van der Waals surface area contributed by atoms with Crippen molar-refractivity contribution < 1.29 is 31.9 Å². The molecule has 0 atom stereocenters. The van der Waals surface area contributed by atoms with E-state index in [2.05, 4.69) is 5.32 Å². The van der Waals surface area contributed by atoms with E-state index in [0.717, 1.165) is 18.4 Å². The van der Waals surface area contributed by atoms with Crippen molar-refractivity contribution in [2.45, 2.75) is 38.0 Å². The van der Waals surface area contributed by atoms with Crippen LogP contribution in [-0.4, -0.2) is 32.3 Å². The van der Waals surface area contributed by atoms with Crippen LogP contribution in [0.4, 0.5) is 4.39 Å². The summed E-state index contributed by atoms with van der Waals surface area (Å²) < 4.78 is 47.0. The van der Waals surface area contributed by atoms with Crippen molar-refractivity contribution in [3.8, 4) is 0 Å². The first-order chi connectivity index (χ1) is 11.4. The molecule has 0 bridgehead atoms. The Balaban J connectivity index is 2.20. The number of rotatable bonds is 4. The van der Waals surface area contributed by atoms with Crippen LogP contribution in [0, 0.1) is 5.82 Å². The van der Waals surface area contributed by atoms with Gasteiger partial charge in [0.05, 0.1) is 10.5 Å². The number of amides is 1. The van der Waals surface area contributed by atoms with Crippen molar-refractivity contribution in [1.82, 2.24) is 5.32 Å². The van der Waals surface area contributed by atoms with Gasteiger partial charge in [-0.05, 0) is 24.6 Å². The number of benzene rings is 1. The molecule has 1 saturated heterocycles. The molecule has 1 aliphatic heterocycles. The number of nitrogens with one attached hydrogen (secondary N) is 1. The normalized spacial score (nSPS) is 18.4. The van der Waals surface area contributed by atoms with Crippen molar-refractivity contribution in [1.29, 1.82) is 0 Å². The van der Waals surface area contributed by atoms with Crippen LogP contribution in [0.15, 0.2) is 34.4 Å². The highest BCUT2D eigenvalue weighted by molar-refractivity contribution is 7.90. The molecule has 25 heavy (non-hydrogen) atoms. The van der Waals surface area contributed by atoms with E-state index in [1.165, 1.54) is 26.8 Å². The molecular weight excluding hydrogens is 353 g/mol. The van der Waals surface area contributed by atoms with E-state index in [0.29, 0.717) is 0 Å². The molecule has 0 radical (unpaired) electrons. The van der Waals surface area contributed by atoms with Gasteiger partial charge in [0, 0.05) is 26.6 Å². The van der Waals surface area contributed by atoms with E-state index in [1.54, 1.807) is 0 Å². The number of sulfone groups is 1. The summed E-state index contributed by atoms with van der Waals surface area (Å²) in [6.45, 7) is 4.28. The largest absolute Gasteiger partial charge is 0.445 e. The number of ether oxygens (including phenoxy) is 2. The van der Waals surface area contributed by atoms with Gasteiger partial charge >= 0.3 is 5.97 Å². The molecule has 0 saturated carbocycles. The fourth-order valence-corrected chi connectivity index (χ4v) is 3.18. The summed E-state index contributed by atoms with van der Waals surface area (Å²) in [6.07, 6.45) is 0.949. The molecule has 0 unspecified atom stereocenters. The van der Waals surface area contributed by atoms with Crippen LogP contribution >= 0.6 is 0 Å². The fourth-order valence-electron chi connectivity index (χ4n) is 2.24. The zero-order valence-electron chi connectivity index (χ0n) is 14.2. The molecule has 0 aromatic heterocycles.